The first-order valence-corrected chi connectivity index (χ1v) is 10.1. The number of anilines is 2. The number of morpholine rings is 1. The molecular formula is C20H18FN3O5S. The molecule has 8 nitrogen and oxygen atoms in total. The second kappa shape index (κ2) is 8.72. The number of rotatable bonds is 5. The molecule has 2 aliphatic heterocycles. The van der Waals surface area contributed by atoms with Gasteiger partial charge in [0.25, 0.3) is 11.1 Å². The number of nitrogens with zero attached hydrogens (tertiary/aromatic N) is 2. The minimum atomic E-state index is -0.670. The molecule has 0 saturated carbocycles. The number of benzene rings is 1. The number of nitrogens with one attached hydrogen (secondary N) is 1. The normalized spacial score (nSPS) is 18.4. The zero-order chi connectivity index (χ0) is 21.1. The van der Waals surface area contributed by atoms with Crippen LogP contribution in [0, 0.1) is 5.82 Å². The molecule has 2 aromatic rings. The number of imide groups is 1. The number of amides is 3. The number of halogens is 1. The van der Waals surface area contributed by atoms with Gasteiger partial charge in [0.2, 0.25) is 5.91 Å². The van der Waals surface area contributed by atoms with E-state index >= 15 is 0 Å². The maximum Gasteiger partial charge on any atom is 0.294 e. The standard InChI is InChI=1S/C20H18FN3O5S/c21-14-3-1-2-4-15(14)22-17(25)12-24-19(26)16(30-20(24)27)11-13-5-6-18(29-13)23-7-9-28-10-8-23/h1-6,11H,7-10,12H2,(H,22,25). The van der Waals surface area contributed by atoms with Gasteiger partial charge in [0.1, 0.15) is 18.1 Å². The lowest BCUT2D eigenvalue weighted by Gasteiger charge is -2.26. The van der Waals surface area contributed by atoms with Crippen molar-refractivity contribution in [3.8, 4) is 0 Å². The van der Waals surface area contributed by atoms with Crippen LogP contribution in [-0.2, 0) is 14.3 Å². The quantitative estimate of drug-likeness (QED) is 0.728. The van der Waals surface area contributed by atoms with Gasteiger partial charge < -0.3 is 19.4 Å². The maximum atomic E-state index is 13.7. The average molecular weight is 431 g/mol. The number of carbonyl (C=O) groups is 3. The Hall–Kier alpha value is -3.11. The predicted molar refractivity (Wildman–Crippen MR) is 109 cm³/mol. The fraction of sp³-hybridized carbons (Fsp3) is 0.250. The van der Waals surface area contributed by atoms with Crippen LogP contribution >= 0.6 is 11.8 Å². The lowest BCUT2D eigenvalue weighted by molar-refractivity contribution is -0.127. The molecule has 10 heteroatoms. The number of hydrogen-bond acceptors (Lipinski definition) is 7. The van der Waals surface area contributed by atoms with Crippen LogP contribution < -0.4 is 10.2 Å². The third-order valence-electron chi connectivity index (χ3n) is 4.53. The Morgan fingerprint density at radius 3 is 2.70 bits per heavy atom. The Bertz CT molecular complexity index is 1020. The summed E-state index contributed by atoms with van der Waals surface area (Å²) < 4.78 is 24.7. The van der Waals surface area contributed by atoms with Crippen LogP contribution in [0.3, 0.4) is 0 Å². The topological polar surface area (TPSA) is 92.1 Å². The van der Waals surface area contributed by atoms with Crippen molar-refractivity contribution in [2.75, 3.05) is 43.1 Å². The second-order valence-electron chi connectivity index (χ2n) is 6.57. The summed E-state index contributed by atoms with van der Waals surface area (Å²) in [5.41, 5.74) is -0.0174. The minimum absolute atomic E-state index is 0.0174. The van der Waals surface area contributed by atoms with Crippen LogP contribution in [0.1, 0.15) is 5.76 Å². The first-order chi connectivity index (χ1) is 14.5. The maximum absolute atomic E-state index is 13.7. The van der Waals surface area contributed by atoms with E-state index < -0.39 is 29.4 Å². The van der Waals surface area contributed by atoms with Crippen LogP contribution in [0.5, 0.6) is 0 Å². The lowest BCUT2D eigenvalue weighted by Crippen LogP contribution is -2.36. The lowest BCUT2D eigenvalue weighted by atomic mass is 10.3. The van der Waals surface area contributed by atoms with Gasteiger partial charge >= 0.3 is 0 Å². The number of ether oxygens (including phenoxy) is 1. The summed E-state index contributed by atoms with van der Waals surface area (Å²) in [6.45, 7) is 2.14. The Morgan fingerprint density at radius 2 is 1.93 bits per heavy atom. The highest BCUT2D eigenvalue weighted by Crippen LogP contribution is 2.33. The largest absolute Gasteiger partial charge is 0.441 e. The Labute approximate surface area is 175 Å². The number of para-hydroxylation sites is 1. The first-order valence-electron chi connectivity index (χ1n) is 9.23. The predicted octanol–water partition coefficient (Wildman–Crippen LogP) is 2.93. The van der Waals surface area contributed by atoms with E-state index in [0.717, 1.165) is 16.7 Å². The molecule has 156 valence electrons. The Balaban J connectivity index is 1.41. The van der Waals surface area contributed by atoms with Crippen molar-refractivity contribution < 1.29 is 27.9 Å². The van der Waals surface area contributed by atoms with Gasteiger partial charge in [-0.1, -0.05) is 12.1 Å². The molecule has 0 bridgehead atoms. The molecule has 0 atom stereocenters. The van der Waals surface area contributed by atoms with Gasteiger partial charge in [-0.15, -0.1) is 0 Å². The number of thioether (sulfide) groups is 1. The molecule has 0 radical (unpaired) electrons. The van der Waals surface area contributed by atoms with Crippen LogP contribution in [0.25, 0.3) is 6.08 Å². The zero-order valence-electron chi connectivity index (χ0n) is 15.8. The van der Waals surface area contributed by atoms with E-state index in [9.17, 15) is 18.8 Å². The Kier molecular flexibility index (Phi) is 5.86. The molecule has 4 rings (SSSR count). The molecule has 1 aromatic heterocycles. The van der Waals surface area contributed by atoms with Gasteiger partial charge in [-0.05, 0) is 30.0 Å². The highest BCUT2D eigenvalue weighted by Gasteiger charge is 2.36. The average Bonchev–Trinajstić information content (AvgIpc) is 3.31. The molecule has 3 amide bonds. The van der Waals surface area contributed by atoms with E-state index in [4.69, 9.17) is 9.15 Å². The molecule has 2 fully saturated rings. The van der Waals surface area contributed by atoms with Crippen molar-refractivity contribution in [3.05, 3.63) is 52.9 Å². The number of carbonyl (C=O) groups excluding carboxylic acids is 3. The van der Waals surface area contributed by atoms with Crippen molar-refractivity contribution in [1.29, 1.82) is 0 Å². The molecule has 1 N–H and O–H groups in total. The summed E-state index contributed by atoms with van der Waals surface area (Å²) >= 11 is 0.724. The van der Waals surface area contributed by atoms with Gasteiger partial charge in [-0.3, -0.25) is 19.3 Å². The Morgan fingerprint density at radius 1 is 1.17 bits per heavy atom. The van der Waals surface area contributed by atoms with Gasteiger partial charge in [0, 0.05) is 25.2 Å². The summed E-state index contributed by atoms with van der Waals surface area (Å²) in [6.07, 6.45) is 1.48. The molecule has 2 saturated heterocycles. The molecule has 0 aliphatic carbocycles. The molecule has 2 aliphatic rings. The molecule has 3 heterocycles. The van der Waals surface area contributed by atoms with E-state index in [-0.39, 0.29) is 10.6 Å². The van der Waals surface area contributed by atoms with Crippen molar-refractivity contribution in [3.63, 3.8) is 0 Å². The van der Waals surface area contributed by atoms with Crippen molar-refractivity contribution in [2.24, 2.45) is 0 Å². The van der Waals surface area contributed by atoms with Crippen LogP contribution in [0.4, 0.5) is 20.8 Å². The second-order valence-corrected chi connectivity index (χ2v) is 7.56. The molecule has 0 spiro atoms. The highest BCUT2D eigenvalue weighted by atomic mass is 32.2. The summed E-state index contributed by atoms with van der Waals surface area (Å²) in [5.74, 6) is -0.783. The molecular weight excluding hydrogens is 413 g/mol. The van der Waals surface area contributed by atoms with E-state index in [1.54, 1.807) is 18.2 Å². The first kappa shape index (κ1) is 20.2. The van der Waals surface area contributed by atoms with Gasteiger partial charge in [0.15, 0.2) is 5.88 Å². The van der Waals surface area contributed by atoms with Crippen molar-refractivity contribution >= 4 is 46.5 Å². The van der Waals surface area contributed by atoms with E-state index in [1.807, 2.05) is 4.90 Å². The monoisotopic (exact) mass is 431 g/mol. The summed E-state index contributed by atoms with van der Waals surface area (Å²) in [7, 11) is 0. The SMILES string of the molecule is O=C(CN1C(=O)SC(=Cc2ccc(N3CCOCC3)o2)C1=O)Nc1ccccc1F. The highest BCUT2D eigenvalue weighted by molar-refractivity contribution is 8.18. The fourth-order valence-electron chi connectivity index (χ4n) is 3.03. The molecule has 30 heavy (non-hydrogen) atoms. The van der Waals surface area contributed by atoms with Crippen molar-refractivity contribution in [1.82, 2.24) is 4.90 Å². The molecule has 0 unspecified atom stereocenters. The third-order valence-corrected chi connectivity index (χ3v) is 5.44. The summed E-state index contributed by atoms with van der Waals surface area (Å²) in [4.78, 5) is 40.0. The van der Waals surface area contributed by atoms with Gasteiger partial charge in [-0.25, -0.2) is 4.39 Å². The van der Waals surface area contributed by atoms with E-state index in [0.29, 0.717) is 37.9 Å². The minimum Gasteiger partial charge on any atom is -0.441 e. The summed E-state index contributed by atoms with van der Waals surface area (Å²) in [6, 6.07) is 9.16. The smallest absolute Gasteiger partial charge is 0.294 e. The van der Waals surface area contributed by atoms with Gasteiger partial charge in [-0.2, -0.15) is 0 Å². The number of hydrogen-bond donors (Lipinski definition) is 1. The van der Waals surface area contributed by atoms with E-state index in [1.165, 1.54) is 24.3 Å². The summed E-state index contributed by atoms with van der Waals surface area (Å²) in [5, 5.41) is 1.79. The van der Waals surface area contributed by atoms with Crippen LogP contribution in [-0.4, -0.2) is 54.8 Å². The number of furan rings is 1. The third kappa shape index (κ3) is 4.39. The van der Waals surface area contributed by atoms with Gasteiger partial charge in [0.05, 0.1) is 23.8 Å². The van der Waals surface area contributed by atoms with Crippen molar-refractivity contribution in [2.45, 2.75) is 0 Å². The molecule has 1 aromatic carbocycles. The van der Waals surface area contributed by atoms with E-state index in [2.05, 4.69) is 5.32 Å². The van der Waals surface area contributed by atoms with Crippen LogP contribution in [0.2, 0.25) is 0 Å². The van der Waals surface area contributed by atoms with Crippen LogP contribution in [0.15, 0.2) is 45.7 Å². The fourth-order valence-corrected chi connectivity index (χ4v) is 3.85. The zero-order valence-corrected chi connectivity index (χ0v) is 16.6.